The second-order valence-corrected chi connectivity index (χ2v) is 7.40. The molecule has 3 aromatic heterocycles. The molecule has 4 rings (SSSR count). The number of nitriles is 1. The zero-order valence-electron chi connectivity index (χ0n) is 15.1. The summed E-state index contributed by atoms with van der Waals surface area (Å²) in [5, 5.41) is 12.5. The van der Waals surface area contributed by atoms with Gasteiger partial charge in [0.2, 0.25) is 0 Å². The Morgan fingerprint density at radius 1 is 1.33 bits per heavy atom. The Morgan fingerprint density at radius 3 is 2.80 bits per heavy atom. The number of H-pyrrole nitrogens is 1. The van der Waals surface area contributed by atoms with E-state index in [1.54, 1.807) is 5.32 Å². The largest absolute Gasteiger partial charge is 0.471 e. The summed E-state index contributed by atoms with van der Waals surface area (Å²) in [6, 6.07) is 11.4. The van der Waals surface area contributed by atoms with E-state index < -0.39 is 17.6 Å². The van der Waals surface area contributed by atoms with Gasteiger partial charge in [-0.1, -0.05) is 18.2 Å². The van der Waals surface area contributed by atoms with Gasteiger partial charge >= 0.3 is 12.1 Å². The maximum Gasteiger partial charge on any atom is 0.471 e. The van der Waals surface area contributed by atoms with E-state index in [2.05, 4.69) is 16.0 Å². The van der Waals surface area contributed by atoms with E-state index in [9.17, 15) is 28.0 Å². The monoisotopic (exact) mass is 431 g/mol. The summed E-state index contributed by atoms with van der Waals surface area (Å²) >= 11 is 1.38. The average molecular weight is 431 g/mol. The molecule has 0 fully saturated rings. The lowest BCUT2D eigenvalue weighted by atomic mass is 10.2. The summed E-state index contributed by atoms with van der Waals surface area (Å²) in [5.74, 6) is -2.07. The van der Waals surface area contributed by atoms with Crippen LogP contribution in [0.4, 0.5) is 13.2 Å². The van der Waals surface area contributed by atoms with Crippen LogP contribution in [0.1, 0.15) is 5.56 Å². The average Bonchev–Trinajstić information content (AvgIpc) is 3.26. The van der Waals surface area contributed by atoms with Crippen molar-refractivity contribution in [2.45, 2.75) is 12.7 Å². The van der Waals surface area contributed by atoms with E-state index in [-0.39, 0.29) is 29.7 Å². The molecule has 0 aliphatic rings. The number of hydrogen-bond acceptors (Lipinski definition) is 5. The number of hydrogen-bond donors (Lipinski definition) is 2. The van der Waals surface area contributed by atoms with Crippen molar-refractivity contribution in [3.63, 3.8) is 0 Å². The highest BCUT2D eigenvalue weighted by atomic mass is 32.1. The van der Waals surface area contributed by atoms with Gasteiger partial charge in [-0.25, -0.2) is 4.98 Å². The number of alkyl halides is 3. The predicted octanol–water partition coefficient (Wildman–Crippen LogP) is 3.16. The van der Waals surface area contributed by atoms with Crippen LogP contribution in [-0.2, 0) is 11.3 Å². The molecule has 2 N–H and O–H groups in total. The number of nitrogens with zero attached hydrogens (tertiary/aromatic N) is 3. The number of halogens is 3. The van der Waals surface area contributed by atoms with Crippen molar-refractivity contribution in [3.05, 3.63) is 52.6 Å². The highest BCUT2D eigenvalue weighted by molar-refractivity contribution is 7.22. The Kier molecular flexibility index (Phi) is 4.79. The van der Waals surface area contributed by atoms with Crippen molar-refractivity contribution >= 4 is 38.4 Å². The van der Waals surface area contributed by atoms with Crippen LogP contribution in [0.5, 0.6) is 0 Å². The smallest absolute Gasteiger partial charge is 0.346 e. The molecule has 0 aliphatic heterocycles. The molecule has 0 saturated heterocycles. The Bertz CT molecular complexity index is 1340. The first-order chi connectivity index (χ1) is 14.3. The molecule has 1 amide bonds. The fourth-order valence-electron chi connectivity index (χ4n) is 3.25. The van der Waals surface area contributed by atoms with Gasteiger partial charge in [0.25, 0.3) is 5.56 Å². The van der Waals surface area contributed by atoms with E-state index >= 15 is 0 Å². The normalized spacial score (nSPS) is 11.7. The number of carbonyl (C=O) groups is 1. The molecular weight excluding hydrogens is 419 g/mol. The molecule has 11 heteroatoms. The minimum Gasteiger partial charge on any atom is -0.346 e. The zero-order chi connectivity index (χ0) is 21.5. The number of amides is 1. The van der Waals surface area contributed by atoms with Crippen LogP contribution in [0.2, 0.25) is 0 Å². The van der Waals surface area contributed by atoms with E-state index in [4.69, 9.17) is 0 Å². The van der Waals surface area contributed by atoms with Crippen molar-refractivity contribution in [1.82, 2.24) is 19.9 Å². The van der Waals surface area contributed by atoms with Crippen LogP contribution in [0.15, 0.2) is 41.5 Å². The third-order valence-electron chi connectivity index (χ3n) is 4.49. The van der Waals surface area contributed by atoms with E-state index in [1.807, 2.05) is 30.3 Å². The summed E-state index contributed by atoms with van der Waals surface area (Å²) in [5.41, 5.74) is 0.189. The highest BCUT2D eigenvalue weighted by Crippen LogP contribution is 2.38. The first-order valence-corrected chi connectivity index (χ1v) is 9.47. The minimum atomic E-state index is -5.01. The van der Waals surface area contributed by atoms with Gasteiger partial charge in [-0.2, -0.15) is 18.4 Å². The third kappa shape index (κ3) is 3.31. The fourth-order valence-corrected chi connectivity index (χ4v) is 4.37. The molecular formula is C19H12F3N5O2S. The summed E-state index contributed by atoms with van der Waals surface area (Å²) in [6.45, 7) is -0.544. The molecule has 152 valence electrons. The Morgan fingerprint density at radius 2 is 2.10 bits per heavy atom. The molecule has 0 radical (unpaired) electrons. The molecule has 3 heterocycles. The van der Waals surface area contributed by atoms with Gasteiger partial charge in [0.05, 0.1) is 16.9 Å². The molecule has 0 spiro atoms. The number of nitrogens with one attached hydrogen (secondary N) is 2. The molecule has 0 bridgehead atoms. The lowest BCUT2D eigenvalue weighted by Gasteiger charge is -2.11. The van der Waals surface area contributed by atoms with Gasteiger partial charge in [-0.3, -0.25) is 9.59 Å². The third-order valence-corrected chi connectivity index (χ3v) is 5.61. The number of aromatic amines is 1. The highest BCUT2D eigenvalue weighted by Gasteiger charge is 2.38. The van der Waals surface area contributed by atoms with Gasteiger partial charge in [0.15, 0.2) is 0 Å². The van der Waals surface area contributed by atoms with Crippen molar-refractivity contribution in [2.75, 3.05) is 6.54 Å². The second kappa shape index (κ2) is 7.31. The maximum absolute atomic E-state index is 12.5. The van der Waals surface area contributed by atoms with E-state index in [1.165, 1.54) is 15.9 Å². The van der Waals surface area contributed by atoms with E-state index in [0.29, 0.717) is 10.6 Å². The summed E-state index contributed by atoms with van der Waals surface area (Å²) < 4.78 is 39.8. The first-order valence-electron chi connectivity index (χ1n) is 8.65. The van der Waals surface area contributed by atoms with Crippen molar-refractivity contribution < 1.29 is 18.0 Å². The van der Waals surface area contributed by atoms with Gasteiger partial charge in [-0.15, -0.1) is 11.3 Å². The minimum absolute atomic E-state index is 0.0581. The second-order valence-electron chi connectivity index (χ2n) is 6.32. The van der Waals surface area contributed by atoms with Gasteiger partial charge in [0.1, 0.15) is 22.7 Å². The summed E-state index contributed by atoms with van der Waals surface area (Å²) in [4.78, 5) is 30.8. The van der Waals surface area contributed by atoms with Crippen LogP contribution in [0.25, 0.3) is 31.7 Å². The number of rotatable bonds is 4. The molecule has 0 aliphatic carbocycles. The molecule has 7 nitrogen and oxygen atoms in total. The molecule has 0 saturated carbocycles. The fraction of sp³-hybridized carbons (Fsp3) is 0.158. The Balaban J connectivity index is 1.87. The summed E-state index contributed by atoms with van der Waals surface area (Å²) in [6.07, 6.45) is -3.85. The topological polar surface area (TPSA) is 104 Å². The quantitative estimate of drug-likeness (QED) is 0.518. The number of benzene rings is 1. The lowest BCUT2D eigenvalue weighted by Crippen LogP contribution is -2.38. The van der Waals surface area contributed by atoms with Gasteiger partial charge in [0, 0.05) is 17.8 Å². The van der Waals surface area contributed by atoms with E-state index in [0.717, 1.165) is 16.4 Å². The number of fused-ring (bicyclic) bond motifs is 2. The molecule has 0 unspecified atom stereocenters. The first kappa shape index (κ1) is 19.7. The molecule has 1 aromatic carbocycles. The van der Waals surface area contributed by atoms with Crippen molar-refractivity contribution in [3.8, 4) is 16.6 Å². The Labute approximate surface area is 170 Å². The predicted molar refractivity (Wildman–Crippen MR) is 105 cm³/mol. The van der Waals surface area contributed by atoms with Gasteiger partial charge < -0.3 is 14.9 Å². The molecule has 30 heavy (non-hydrogen) atoms. The maximum atomic E-state index is 12.5. The Hall–Kier alpha value is -3.65. The molecule has 0 atom stereocenters. The number of carbonyl (C=O) groups excluding carboxylic acids is 1. The standard InChI is InChI=1S/C19H12F3N5O2S/c20-19(21,22)18(29)24-5-6-27-15(13-7-10-3-1-2-4-12(10)30-13)11(8-23)14-16(27)17(28)26-9-25-14/h1-4,7,9H,5-6H2,(H,24,29)(H,25,26,28). The van der Waals surface area contributed by atoms with Crippen LogP contribution >= 0.6 is 11.3 Å². The zero-order valence-corrected chi connectivity index (χ0v) is 15.9. The van der Waals surface area contributed by atoms with Crippen molar-refractivity contribution in [1.29, 1.82) is 5.26 Å². The van der Waals surface area contributed by atoms with Gasteiger partial charge in [-0.05, 0) is 17.5 Å². The van der Waals surface area contributed by atoms with Crippen LogP contribution < -0.4 is 10.9 Å². The SMILES string of the molecule is N#Cc1c(-c2cc3ccccc3s2)n(CCNC(=O)C(F)(F)F)c2c(=O)[nH]cnc12. The lowest BCUT2D eigenvalue weighted by molar-refractivity contribution is -0.173. The number of aromatic nitrogens is 3. The summed E-state index contributed by atoms with van der Waals surface area (Å²) in [7, 11) is 0. The van der Waals surface area contributed by atoms with Crippen LogP contribution in [0.3, 0.4) is 0 Å². The molecule has 4 aromatic rings. The van der Waals surface area contributed by atoms with Crippen LogP contribution in [0, 0.1) is 11.3 Å². The van der Waals surface area contributed by atoms with Crippen molar-refractivity contribution in [2.24, 2.45) is 0 Å². The van der Waals surface area contributed by atoms with Crippen LogP contribution in [-0.4, -0.2) is 33.2 Å². The number of thiophene rings is 1.